The molecule has 0 bridgehead atoms. The van der Waals surface area contributed by atoms with Gasteiger partial charge in [-0.1, -0.05) is 11.6 Å². The van der Waals surface area contributed by atoms with E-state index in [9.17, 15) is 0 Å². The van der Waals surface area contributed by atoms with Crippen molar-refractivity contribution in [1.82, 2.24) is 4.98 Å². The fourth-order valence-corrected chi connectivity index (χ4v) is 0.979. The monoisotopic (exact) mass is 209 g/mol. The number of hydrogen-bond acceptors (Lipinski definition) is 3. The summed E-state index contributed by atoms with van der Waals surface area (Å²) in [6.07, 6.45) is 1.56. The van der Waals surface area contributed by atoms with Gasteiger partial charge in [-0.3, -0.25) is 0 Å². The molecular formula is C7H9Cl2NO2. The van der Waals surface area contributed by atoms with Gasteiger partial charge in [0.1, 0.15) is 0 Å². The Kier molecular flexibility index (Phi) is 4.78. The molecule has 1 aromatic rings. The van der Waals surface area contributed by atoms with Crippen LogP contribution in [0.25, 0.3) is 0 Å². The lowest BCUT2D eigenvalue weighted by Crippen LogP contribution is -1.91. The van der Waals surface area contributed by atoms with E-state index in [1.165, 1.54) is 7.11 Å². The van der Waals surface area contributed by atoms with Crippen molar-refractivity contribution < 1.29 is 9.47 Å². The second-order valence-electron chi connectivity index (χ2n) is 1.84. The molecule has 1 aromatic heterocycles. The van der Waals surface area contributed by atoms with Crippen molar-refractivity contribution in [1.29, 1.82) is 0 Å². The maximum Gasteiger partial charge on any atom is 0.198 e. The quantitative estimate of drug-likeness (QED) is 0.701. The predicted molar refractivity (Wildman–Crippen MR) is 49.6 cm³/mol. The molecule has 0 aliphatic carbocycles. The van der Waals surface area contributed by atoms with Gasteiger partial charge in [-0.05, 0) is 0 Å². The molecule has 0 atom stereocenters. The molecule has 0 spiro atoms. The molecule has 0 radical (unpaired) electrons. The third kappa shape index (κ3) is 2.16. The summed E-state index contributed by atoms with van der Waals surface area (Å²) in [7, 11) is 3.07. The van der Waals surface area contributed by atoms with Crippen LogP contribution in [-0.4, -0.2) is 19.2 Å². The van der Waals surface area contributed by atoms with Crippen molar-refractivity contribution in [2.75, 3.05) is 14.2 Å². The summed E-state index contributed by atoms with van der Waals surface area (Å²) in [5.41, 5.74) is 0. The molecule has 0 fully saturated rings. The van der Waals surface area contributed by atoms with Gasteiger partial charge in [0, 0.05) is 12.3 Å². The summed E-state index contributed by atoms with van der Waals surface area (Å²) in [6.45, 7) is 0. The van der Waals surface area contributed by atoms with Gasteiger partial charge < -0.3 is 9.47 Å². The van der Waals surface area contributed by atoms with Crippen LogP contribution in [0.5, 0.6) is 11.5 Å². The maximum atomic E-state index is 5.69. The largest absolute Gasteiger partial charge is 0.493 e. The summed E-state index contributed by atoms with van der Waals surface area (Å²) in [5.74, 6) is 1.06. The standard InChI is InChI=1S/C7H8ClNO2.ClH/c1-10-5-3-4-9-7(8)6(5)11-2;/h3-4H,1-2H3;1H. The van der Waals surface area contributed by atoms with E-state index in [2.05, 4.69) is 4.98 Å². The normalized spacial score (nSPS) is 8.58. The molecule has 12 heavy (non-hydrogen) atoms. The van der Waals surface area contributed by atoms with E-state index in [1.807, 2.05) is 0 Å². The molecule has 68 valence electrons. The van der Waals surface area contributed by atoms with Crippen molar-refractivity contribution in [3.05, 3.63) is 17.4 Å². The van der Waals surface area contributed by atoms with Crippen LogP contribution in [0.1, 0.15) is 0 Å². The Balaban J connectivity index is 0.00000121. The third-order valence-corrected chi connectivity index (χ3v) is 1.52. The Morgan fingerprint density at radius 3 is 2.42 bits per heavy atom. The Bertz CT molecular complexity index is 255. The van der Waals surface area contributed by atoms with Crippen LogP contribution in [0.2, 0.25) is 5.15 Å². The Hall–Kier alpha value is -0.670. The van der Waals surface area contributed by atoms with Crippen LogP contribution in [0.15, 0.2) is 12.3 Å². The summed E-state index contributed by atoms with van der Waals surface area (Å²) in [6, 6.07) is 1.69. The van der Waals surface area contributed by atoms with E-state index in [0.717, 1.165) is 0 Å². The lowest BCUT2D eigenvalue weighted by atomic mass is 10.4. The van der Waals surface area contributed by atoms with Crippen LogP contribution in [-0.2, 0) is 0 Å². The minimum absolute atomic E-state index is 0. The number of aromatic nitrogens is 1. The maximum absolute atomic E-state index is 5.69. The lowest BCUT2D eigenvalue weighted by molar-refractivity contribution is 0.353. The van der Waals surface area contributed by atoms with Gasteiger partial charge in [-0.15, -0.1) is 12.4 Å². The van der Waals surface area contributed by atoms with E-state index >= 15 is 0 Å². The van der Waals surface area contributed by atoms with Crippen molar-refractivity contribution in [2.24, 2.45) is 0 Å². The number of pyridine rings is 1. The van der Waals surface area contributed by atoms with Crippen LogP contribution in [0, 0.1) is 0 Å². The smallest absolute Gasteiger partial charge is 0.198 e. The molecule has 1 heterocycles. The van der Waals surface area contributed by atoms with E-state index in [0.29, 0.717) is 16.7 Å². The second-order valence-corrected chi connectivity index (χ2v) is 2.20. The first-order valence-electron chi connectivity index (χ1n) is 3.02. The summed E-state index contributed by atoms with van der Waals surface area (Å²) < 4.78 is 9.92. The number of ether oxygens (including phenoxy) is 2. The molecule has 0 saturated heterocycles. The van der Waals surface area contributed by atoms with Crippen molar-refractivity contribution in [2.45, 2.75) is 0 Å². The Labute approximate surface area is 82.1 Å². The van der Waals surface area contributed by atoms with Crippen LogP contribution in [0.4, 0.5) is 0 Å². The highest BCUT2D eigenvalue weighted by Gasteiger charge is 2.07. The molecule has 5 heteroatoms. The topological polar surface area (TPSA) is 31.4 Å². The molecule has 0 aromatic carbocycles. The van der Waals surface area contributed by atoms with Gasteiger partial charge in [0.15, 0.2) is 16.7 Å². The Morgan fingerprint density at radius 2 is 2.00 bits per heavy atom. The zero-order valence-electron chi connectivity index (χ0n) is 6.70. The Morgan fingerprint density at radius 1 is 1.33 bits per heavy atom. The highest BCUT2D eigenvalue weighted by Crippen LogP contribution is 2.31. The number of methoxy groups -OCH3 is 2. The zero-order valence-corrected chi connectivity index (χ0v) is 8.28. The number of hydrogen-bond donors (Lipinski definition) is 0. The average Bonchev–Trinajstić information content (AvgIpc) is 2.04. The zero-order chi connectivity index (χ0) is 8.27. The summed E-state index contributed by atoms with van der Waals surface area (Å²) in [5, 5.41) is 0.312. The molecule has 0 aliphatic rings. The molecular weight excluding hydrogens is 201 g/mol. The molecule has 0 unspecified atom stereocenters. The highest BCUT2D eigenvalue weighted by molar-refractivity contribution is 6.31. The minimum Gasteiger partial charge on any atom is -0.493 e. The number of rotatable bonds is 2. The fraction of sp³-hybridized carbons (Fsp3) is 0.286. The van der Waals surface area contributed by atoms with Crippen molar-refractivity contribution in [3.8, 4) is 11.5 Å². The van der Waals surface area contributed by atoms with Gasteiger partial charge in [0.25, 0.3) is 0 Å². The summed E-state index contributed by atoms with van der Waals surface area (Å²) in [4.78, 5) is 3.82. The first kappa shape index (κ1) is 11.3. The second kappa shape index (κ2) is 5.06. The number of nitrogens with zero attached hydrogens (tertiary/aromatic N) is 1. The van der Waals surface area contributed by atoms with E-state index in [-0.39, 0.29) is 12.4 Å². The van der Waals surface area contributed by atoms with E-state index in [1.54, 1.807) is 19.4 Å². The van der Waals surface area contributed by atoms with Gasteiger partial charge >= 0.3 is 0 Å². The molecule has 1 rings (SSSR count). The molecule has 0 amide bonds. The van der Waals surface area contributed by atoms with Crippen molar-refractivity contribution >= 4 is 24.0 Å². The summed E-state index contributed by atoms with van der Waals surface area (Å²) >= 11 is 5.69. The molecule has 3 nitrogen and oxygen atoms in total. The SMILES string of the molecule is COc1ccnc(Cl)c1OC.Cl. The molecule has 0 N–H and O–H groups in total. The van der Waals surface area contributed by atoms with E-state index < -0.39 is 0 Å². The average molecular weight is 210 g/mol. The van der Waals surface area contributed by atoms with E-state index in [4.69, 9.17) is 21.1 Å². The van der Waals surface area contributed by atoms with Crippen LogP contribution >= 0.6 is 24.0 Å². The molecule has 0 saturated carbocycles. The van der Waals surface area contributed by atoms with Crippen LogP contribution in [0.3, 0.4) is 0 Å². The lowest BCUT2D eigenvalue weighted by Gasteiger charge is -2.06. The van der Waals surface area contributed by atoms with Crippen molar-refractivity contribution in [3.63, 3.8) is 0 Å². The minimum atomic E-state index is 0. The predicted octanol–water partition coefficient (Wildman–Crippen LogP) is 2.17. The fourth-order valence-electron chi connectivity index (χ4n) is 0.752. The van der Waals surface area contributed by atoms with Gasteiger partial charge in [-0.25, -0.2) is 4.98 Å². The van der Waals surface area contributed by atoms with Gasteiger partial charge in [0.2, 0.25) is 0 Å². The number of halogens is 2. The first-order chi connectivity index (χ1) is 5.29. The third-order valence-electron chi connectivity index (χ3n) is 1.25. The first-order valence-corrected chi connectivity index (χ1v) is 3.40. The molecule has 0 aliphatic heterocycles. The van der Waals surface area contributed by atoms with Gasteiger partial charge in [-0.2, -0.15) is 0 Å². The van der Waals surface area contributed by atoms with Crippen LogP contribution < -0.4 is 9.47 Å². The van der Waals surface area contributed by atoms with Gasteiger partial charge in [0.05, 0.1) is 14.2 Å². The highest BCUT2D eigenvalue weighted by atomic mass is 35.5.